The number of benzene rings is 10. The van der Waals surface area contributed by atoms with Crippen molar-refractivity contribution >= 4 is 144 Å². The SMILES string of the molecule is O=S(=O)([O-])c1cccc2cc3cc4cc5ccccc5cc4cc3cc12.O=S(=O)([O-])c1cccc2cc3cc4cc5ccccc5cc4cc3cc12.[Ca+2]. The summed E-state index contributed by atoms with van der Waals surface area (Å²) in [5.41, 5.74) is 0. The zero-order chi connectivity index (χ0) is 35.8. The van der Waals surface area contributed by atoms with Crippen molar-refractivity contribution in [2.24, 2.45) is 0 Å². The minimum atomic E-state index is -4.52. The van der Waals surface area contributed by atoms with Crippen molar-refractivity contribution in [2.45, 2.75) is 9.79 Å². The predicted molar refractivity (Wildman–Crippen MR) is 215 cm³/mol. The predicted octanol–water partition coefficient (Wildman–Crippen LogP) is 10.0. The van der Waals surface area contributed by atoms with Crippen LogP contribution in [0.2, 0.25) is 0 Å². The van der Waals surface area contributed by atoms with Crippen molar-refractivity contribution in [2.75, 3.05) is 0 Å². The summed E-state index contributed by atoms with van der Waals surface area (Å²) in [6.45, 7) is 0. The molecule has 0 atom stereocenters. The summed E-state index contributed by atoms with van der Waals surface area (Å²) >= 11 is 0. The largest absolute Gasteiger partial charge is 2.00 e. The molecule has 0 N–H and O–H groups in total. The van der Waals surface area contributed by atoms with E-state index in [9.17, 15) is 25.9 Å². The van der Waals surface area contributed by atoms with Gasteiger partial charge in [0.2, 0.25) is 0 Å². The van der Waals surface area contributed by atoms with E-state index < -0.39 is 20.2 Å². The van der Waals surface area contributed by atoms with E-state index in [1.165, 1.54) is 22.9 Å². The zero-order valence-corrected chi connectivity index (χ0v) is 31.8. The van der Waals surface area contributed by atoms with Crippen molar-refractivity contribution in [3.05, 3.63) is 158 Å². The average molecular weight is 755 g/mol. The van der Waals surface area contributed by atoms with Crippen LogP contribution in [0.1, 0.15) is 0 Å². The van der Waals surface area contributed by atoms with E-state index >= 15 is 0 Å². The second-order valence-corrected chi connectivity index (χ2v) is 15.8. The van der Waals surface area contributed by atoms with Gasteiger partial charge in [0.25, 0.3) is 0 Å². The Labute approximate surface area is 334 Å². The van der Waals surface area contributed by atoms with Crippen LogP contribution in [0, 0.1) is 0 Å². The number of rotatable bonds is 2. The van der Waals surface area contributed by atoms with Crippen LogP contribution in [0.5, 0.6) is 0 Å². The van der Waals surface area contributed by atoms with Crippen molar-refractivity contribution in [1.82, 2.24) is 0 Å². The summed E-state index contributed by atoms with van der Waals surface area (Å²) in [4.78, 5) is -0.342. The molecule has 0 saturated carbocycles. The molecule has 53 heavy (non-hydrogen) atoms. The molecule has 6 nitrogen and oxygen atoms in total. The molecule has 0 aliphatic heterocycles. The smallest absolute Gasteiger partial charge is 0.744 e. The fourth-order valence-corrected chi connectivity index (χ4v) is 8.70. The molecular weight excluding hydrogens is 729 g/mol. The van der Waals surface area contributed by atoms with Crippen LogP contribution in [0.4, 0.5) is 0 Å². The first-order chi connectivity index (χ1) is 25.0. The molecule has 9 heteroatoms. The van der Waals surface area contributed by atoms with E-state index in [2.05, 4.69) is 60.7 Å². The standard InChI is InChI=1S/2C22H14O3S.Ca/c2*23-26(24,25)22-7-3-6-16-10-19-11-17-8-14-4-1-2-5-15(14)9-18(17)12-20(19)13-21(16)22;/h2*1-13H,(H,23,24,25);/q;;+2/p-2. The van der Waals surface area contributed by atoms with Gasteiger partial charge in [-0.15, -0.1) is 0 Å². The van der Waals surface area contributed by atoms with Crippen molar-refractivity contribution in [3.8, 4) is 0 Å². The average Bonchev–Trinajstić information content (AvgIpc) is 3.11. The Kier molecular flexibility index (Phi) is 8.91. The topological polar surface area (TPSA) is 114 Å². The molecular formula is C44H26CaO6S2. The maximum Gasteiger partial charge on any atom is 2.00 e. The van der Waals surface area contributed by atoms with Crippen molar-refractivity contribution in [1.29, 1.82) is 0 Å². The van der Waals surface area contributed by atoms with Crippen LogP contribution in [-0.2, 0) is 20.2 Å². The van der Waals surface area contributed by atoms with E-state index in [0.717, 1.165) is 64.6 Å². The van der Waals surface area contributed by atoms with Gasteiger partial charge in [-0.25, -0.2) is 16.8 Å². The van der Waals surface area contributed by atoms with Gasteiger partial charge >= 0.3 is 37.7 Å². The van der Waals surface area contributed by atoms with Gasteiger partial charge in [0.1, 0.15) is 20.2 Å². The molecule has 10 aromatic carbocycles. The Balaban J connectivity index is 0.000000148. The van der Waals surface area contributed by atoms with E-state index in [-0.39, 0.29) is 47.5 Å². The molecule has 0 unspecified atom stereocenters. The number of hydrogen-bond acceptors (Lipinski definition) is 6. The summed E-state index contributed by atoms with van der Waals surface area (Å²) in [7, 11) is -9.04. The Morgan fingerprint density at radius 1 is 0.283 bits per heavy atom. The van der Waals surface area contributed by atoms with Crippen LogP contribution in [0.3, 0.4) is 0 Å². The van der Waals surface area contributed by atoms with Crippen LogP contribution < -0.4 is 0 Å². The second kappa shape index (κ2) is 13.3. The molecule has 0 radical (unpaired) electrons. The minimum absolute atomic E-state index is 0. The molecule has 0 saturated heterocycles. The summed E-state index contributed by atoms with van der Waals surface area (Å²) < 4.78 is 69.5. The fraction of sp³-hybridized carbons (Fsp3) is 0. The summed E-state index contributed by atoms with van der Waals surface area (Å²) in [5.74, 6) is 0. The van der Waals surface area contributed by atoms with E-state index in [1.54, 1.807) is 24.3 Å². The van der Waals surface area contributed by atoms with E-state index in [4.69, 9.17) is 0 Å². The maximum atomic E-state index is 11.6. The van der Waals surface area contributed by atoms with Gasteiger partial charge in [0.15, 0.2) is 0 Å². The molecule has 0 amide bonds. The van der Waals surface area contributed by atoms with Crippen LogP contribution in [0.25, 0.3) is 86.2 Å². The minimum Gasteiger partial charge on any atom is -0.744 e. The van der Waals surface area contributed by atoms with Crippen LogP contribution >= 0.6 is 0 Å². The van der Waals surface area contributed by atoms with Gasteiger partial charge in [0, 0.05) is 0 Å². The third kappa shape index (κ3) is 6.62. The molecule has 0 aliphatic rings. The third-order valence-electron chi connectivity index (χ3n) is 9.77. The van der Waals surface area contributed by atoms with Gasteiger partial charge in [-0.3, -0.25) is 0 Å². The first-order valence-electron chi connectivity index (χ1n) is 16.5. The zero-order valence-electron chi connectivity index (χ0n) is 28.0. The van der Waals surface area contributed by atoms with Crippen LogP contribution in [-0.4, -0.2) is 63.7 Å². The van der Waals surface area contributed by atoms with Gasteiger partial charge in [-0.1, -0.05) is 72.8 Å². The molecule has 252 valence electrons. The number of hydrogen-bond donors (Lipinski definition) is 0. The molecule has 10 rings (SSSR count). The second-order valence-electron chi connectivity index (χ2n) is 13.1. The first kappa shape index (κ1) is 35.4. The molecule has 10 aromatic rings. The third-order valence-corrected chi connectivity index (χ3v) is 11.6. The van der Waals surface area contributed by atoms with Gasteiger partial charge in [0.05, 0.1) is 9.79 Å². The molecule has 0 aromatic heterocycles. The van der Waals surface area contributed by atoms with Gasteiger partial charge < -0.3 is 9.11 Å². The molecule has 0 spiro atoms. The van der Waals surface area contributed by atoms with E-state index in [0.29, 0.717) is 10.8 Å². The Bertz CT molecular complexity index is 3140. The summed E-state index contributed by atoms with van der Waals surface area (Å²) in [6.07, 6.45) is 0. The molecule has 0 heterocycles. The summed E-state index contributed by atoms with van der Waals surface area (Å²) in [5, 5.41) is 15.4. The monoisotopic (exact) mass is 754 g/mol. The van der Waals surface area contributed by atoms with Crippen molar-refractivity contribution in [3.63, 3.8) is 0 Å². The number of fused-ring (bicyclic) bond motifs is 8. The Hall–Kier alpha value is -4.64. The first-order valence-corrected chi connectivity index (χ1v) is 19.3. The van der Waals surface area contributed by atoms with Crippen molar-refractivity contribution < 1.29 is 25.9 Å². The van der Waals surface area contributed by atoms with E-state index in [1.807, 2.05) is 60.7 Å². The molecule has 0 aliphatic carbocycles. The molecule has 0 bridgehead atoms. The fourth-order valence-electron chi connectivity index (χ4n) is 7.32. The van der Waals surface area contributed by atoms with Gasteiger partial charge in [-0.2, -0.15) is 0 Å². The Morgan fingerprint density at radius 2 is 0.509 bits per heavy atom. The van der Waals surface area contributed by atoms with Crippen LogP contribution in [0.15, 0.2) is 168 Å². The quantitative estimate of drug-likeness (QED) is 0.0986. The normalized spacial score (nSPS) is 12.1. The maximum absolute atomic E-state index is 11.6. The summed E-state index contributed by atoms with van der Waals surface area (Å²) in [6, 6.07) is 50.3. The van der Waals surface area contributed by atoms with Gasteiger partial charge in [-0.05, 0) is 171 Å². The Morgan fingerprint density at radius 3 is 0.792 bits per heavy atom. The molecule has 0 fully saturated rings.